The van der Waals surface area contributed by atoms with Crippen molar-refractivity contribution in [2.75, 3.05) is 44.3 Å². The van der Waals surface area contributed by atoms with Gasteiger partial charge in [0.25, 0.3) is 0 Å². The third kappa shape index (κ3) is 9.22. The normalized spacial score (nSPS) is 12.3. The van der Waals surface area contributed by atoms with Gasteiger partial charge in [0.1, 0.15) is 0 Å². The van der Waals surface area contributed by atoms with E-state index in [9.17, 15) is 17.4 Å². The fourth-order valence-corrected chi connectivity index (χ4v) is 15.7. The van der Waals surface area contributed by atoms with Crippen LogP contribution in [0.15, 0.2) is 40.6 Å². The molecule has 3 rings (SSSR count). The molecular weight excluding hydrogens is 637 g/mol. The van der Waals surface area contributed by atoms with E-state index in [0.717, 1.165) is 55.0 Å². The van der Waals surface area contributed by atoms with E-state index in [2.05, 4.69) is 4.90 Å². The van der Waals surface area contributed by atoms with Crippen LogP contribution in [0.3, 0.4) is 0 Å². The molecule has 0 bridgehead atoms. The van der Waals surface area contributed by atoms with E-state index >= 15 is 0 Å². The Balaban J connectivity index is 1.58. The van der Waals surface area contributed by atoms with Crippen molar-refractivity contribution >= 4 is 52.1 Å². The molecule has 1 heterocycles. The molecule has 0 saturated heterocycles. The number of nitriles is 1. The van der Waals surface area contributed by atoms with Crippen molar-refractivity contribution in [2.24, 2.45) is 11.5 Å². The third-order valence-electron chi connectivity index (χ3n) is 5.95. The number of benzene rings is 2. The van der Waals surface area contributed by atoms with Crippen LogP contribution in [0.25, 0.3) is 10.1 Å². The van der Waals surface area contributed by atoms with Gasteiger partial charge < -0.3 is 11.5 Å². The van der Waals surface area contributed by atoms with Crippen molar-refractivity contribution in [3.63, 3.8) is 0 Å². The molecule has 0 spiro atoms. The van der Waals surface area contributed by atoms with Gasteiger partial charge in [-0.2, -0.15) is 0 Å². The SMILES string of the molecule is Cc1c(S(=O)(=O)[As]C[P+](=O)Oc2ccc(C#N)c(F)c2)sc2ccc(OCCCN(CCCN)CCCN)cc12. The first kappa shape index (κ1) is 32.4. The second kappa shape index (κ2) is 15.8. The number of aryl methyl sites for hydroxylation is 1. The Kier molecular flexibility index (Phi) is 12.8. The first-order valence-electron chi connectivity index (χ1n) is 12.7. The Morgan fingerprint density at radius 3 is 2.40 bits per heavy atom. The predicted molar refractivity (Wildman–Crippen MR) is 158 cm³/mol. The molecule has 1 radical (unpaired) electrons. The molecule has 0 fully saturated rings. The van der Waals surface area contributed by atoms with Crippen molar-refractivity contribution < 1.29 is 26.6 Å². The van der Waals surface area contributed by atoms with E-state index in [0.29, 0.717) is 31.0 Å². The van der Waals surface area contributed by atoms with E-state index in [4.69, 9.17) is 26.0 Å². The minimum atomic E-state index is -3.65. The van der Waals surface area contributed by atoms with Crippen LogP contribution in [0, 0.1) is 24.1 Å². The quantitative estimate of drug-likeness (QED) is 0.123. The van der Waals surface area contributed by atoms with Crippen molar-refractivity contribution in [3.8, 4) is 17.6 Å². The number of nitrogens with zero attached hydrogens (tertiary/aromatic N) is 2. The van der Waals surface area contributed by atoms with Gasteiger partial charge in [0.05, 0.1) is 0 Å². The second-order valence-corrected chi connectivity index (χ2v) is 19.4. The molecule has 2 aromatic carbocycles. The van der Waals surface area contributed by atoms with Crippen LogP contribution in [0.1, 0.15) is 30.4 Å². The van der Waals surface area contributed by atoms with E-state index in [1.54, 1.807) is 13.0 Å². The fourth-order valence-electron chi connectivity index (χ4n) is 3.93. The monoisotopic (exact) mass is 670 g/mol. The Morgan fingerprint density at radius 1 is 1.07 bits per heavy atom. The zero-order valence-corrected chi connectivity index (χ0v) is 26.6. The molecule has 0 aliphatic rings. The number of rotatable bonds is 17. The van der Waals surface area contributed by atoms with E-state index in [-0.39, 0.29) is 20.5 Å². The molecule has 9 nitrogen and oxygen atoms in total. The summed E-state index contributed by atoms with van der Waals surface area (Å²) in [6, 6.07) is 10.8. The Bertz CT molecular complexity index is 1460. The average molecular weight is 671 g/mol. The molecule has 40 heavy (non-hydrogen) atoms. The molecule has 0 saturated carbocycles. The number of halogens is 1. The molecule has 1 unspecified atom stereocenters. The number of fused-ring (bicyclic) bond motifs is 1. The van der Waals surface area contributed by atoms with Gasteiger partial charge in [-0.15, -0.1) is 0 Å². The maximum atomic E-state index is 13.8. The standard InChI is InChI=1S/C26H33AsFN4O5PS2/c1-19-23-15-21(36-14-4-13-32(11-2-9-29)12-3-10-30)7-8-25(23)39-26(19)40(34,35)27-18-38(33)37-22-6-5-20(17-31)24(28)16-22/h5-8,15-16H,2-4,9-14,18,29-30H2,1H3/q+1. The maximum absolute atomic E-state index is 13.8. The summed E-state index contributed by atoms with van der Waals surface area (Å²) in [4.78, 5) is 2.18. The molecule has 3 aromatic rings. The number of thiophene rings is 1. The molecule has 4 N–H and O–H groups in total. The zero-order chi connectivity index (χ0) is 29.1. The predicted octanol–water partition coefficient (Wildman–Crippen LogP) is 4.16. The number of ether oxygens (including phenoxy) is 1. The van der Waals surface area contributed by atoms with Gasteiger partial charge in [0.15, 0.2) is 0 Å². The van der Waals surface area contributed by atoms with Gasteiger partial charge in [-0.3, -0.25) is 0 Å². The molecule has 215 valence electrons. The summed E-state index contributed by atoms with van der Waals surface area (Å²) in [5, 5.41) is 9.62. The van der Waals surface area contributed by atoms with Crippen LogP contribution < -0.4 is 20.7 Å². The number of hydrogen-bond acceptors (Lipinski definition) is 10. The van der Waals surface area contributed by atoms with Gasteiger partial charge in [-0.25, -0.2) is 0 Å². The van der Waals surface area contributed by atoms with Crippen LogP contribution in [-0.4, -0.2) is 72.2 Å². The van der Waals surface area contributed by atoms with E-state index < -0.39 is 36.5 Å². The van der Waals surface area contributed by atoms with Crippen LogP contribution in [0.2, 0.25) is 0 Å². The summed E-state index contributed by atoms with van der Waals surface area (Å²) < 4.78 is 64.7. The van der Waals surface area contributed by atoms with E-state index in [1.807, 2.05) is 18.2 Å². The van der Waals surface area contributed by atoms with Crippen molar-refractivity contribution in [2.45, 2.75) is 30.4 Å². The molecular formula is C26H33AsFN4O5PS2+. The Morgan fingerprint density at radius 2 is 1.75 bits per heavy atom. The van der Waals surface area contributed by atoms with Gasteiger partial charge >= 0.3 is 209 Å². The summed E-state index contributed by atoms with van der Waals surface area (Å²) in [6.45, 7) is 6.36. The van der Waals surface area contributed by atoms with Crippen LogP contribution >= 0.6 is 19.4 Å². The molecule has 0 amide bonds. The Hall–Kier alpha value is -2.09. The molecule has 1 atom stereocenters. The fraction of sp³-hybridized carbons (Fsp3) is 0.423. The zero-order valence-electron chi connectivity index (χ0n) is 22.2. The second-order valence-electron chi connectivity index (χ2n) is 8.92. The van der Waals surface area contributed by atoms with Crippen LogP contribution in [-0.2, 0) is 12.7 Å². The van der Waals surface area contributed by atoms with Crippen LogP contribution in [0.4, 0.5) is 4.39 Å². The summed E-state index contributed by atoms with van der Waals surface area (Å²) in [5.74, 6) is -0.131. The third-order valence-corrected chi connectivity index (χ3v) is 17.9. The van der Waals surface area contributed by atoms with Crippen molar-refractivity contribution in [3.05, 3.63) is 53.3 Å². The number of hydrogen-bond donors (Lipinski definition) is 2. The molecule has 1 aromatic heterocycles. The topological polar surface area (TPSA) is 149 Å². The molecule has 0 aliphatic heterocycles. The number of nitrogens with two attached hydrogens (primary N) is 2. The minimum absolute atomic E-state index is 0.0133. The summed E-state index contributed by atoms with van der Waals surface area (Å²) in [5.41, 5.74) is 11.8. The van der Waals surface area contributed by atoms with Gasteiger partial charge in [0, 0.05) is 0 Å². The average Bonchev–Trinajstić information content (AvgIpc) is 3.27. The van der Waals surface area contributed by atoms with Gasteiger partial charge in [0.2, 0.25) is 0 Å². The first-order valence-corrected chi connectivity index (χ1v) is 20.0. The van der Waals surface area contributed by atoms with Gasteiger partial charge in [-0.05, 0) is 25.9 Å². The van der Waals surface area contributed by atoms with Crippen molar-refractivity contribution in [1.29, 1.82) is 5.26 Å². The first-order chi connectivity index (χ1) is 19.2. The Labute approximate surface area is 245 Å². The van der Waals surface area contributed by atoms with E-state index in [1.165, 1.54) is 23.5 Å². The van der Waals surface area contributed by atoms with Crippen LogP contribution in [0.5, 0.6) is 11.5 Å². The summed E-state index contributed by atoms with van der Waals surface area (Å²) in [7, 11) is -6.02. The summed E-state index contributed by atoms with van der Waals surface area (Å²) >= 11 is -0.210. The summed E-state index contributed by atoms with van der Waals surface area (Å²) in [6.07, 6.45) is 2.72. The van der Waals surface area contributed by atoms with Gasteiger partial charge in [-0.1, -0.05) is 0 Å². The van der Waals surface area contributed by atoms with Crippen molar-refractivity contribution in [1.82, 2.24) is 4.90 Å². The molecule has 14 heteroatoms. The molecule has 0 aliphatic carbocycles.